The van der Waals surface area contributed by atoms with Crippen LogP contribution in [0.5, 0.6) is 0 Å². The first-order valence-electron chi connectivity index (χ1n) is 5.85. The van der Waals surface area contributed by atoms with Gasteiger partial charge in [0.1, 0.15) is 0 Å². The molecule has 0 aliphatic rings. The zero-order valence-corrected chi connectivity index (χ0v) is 10.8. The van der Waals surface area contributed by atoms with E-state index in [0.717, 1.165) is 12.0 Å². The Hall–Kier alpha value is -1.34. The summed E-state index contributed by atoms with van der Waals surface area (Å²) in [6.07, 6.45) is 2.74. The third-order valence-electron chi connectivity index (χ3n) is 2.98. The van der Waals surface area contributed by atoms with Gasteiger partial charge in [-0.1, -0.05) is 55.5 Å². The minimum Gasteiger partial charge on any atom is -0.370 e. The van der Waals surface area contributed by atoms with E-state index >= 15 is 0 Å². The van der Waals surface area contributed by atoms with Gasteiger partial charge >= 0.3 is 0 Å². The molecule has 1 aromatic carbocycles. The Labute approximate surface area is 105 Å². The summed E-state index contributed by atoms with van der Waals surface area (Å²) in [5.41, 5.74) is 2.13. The Balaban J connectivity index is 2.48. The van der Waals surface area contributed by atoms with E-state index in [1.807, 2.05) is 37.8 Å². The molecule has 1 unspecified atom stereocenters. The van der Waals surface area contributed by atoms with Crippen LogP contribution in [-0.4, -0.2) is 0 Å². The van der Waals surface area contributed by atoms with Crippen LogP contribution < -0.4 is 0 Å². The van der Waals surface area contributed by atoms with E-state index in [1.165, 1.54) is 5.56 Å². The van der Waals surface area contributed by atoms with Crippen LogP contribution in [0.1, 0.15) is 25.8 Å². The second kappa shape index (κ2) is 6.41. The number of ether oxygens (including phenoxy) is 1. The average molecular weight is 229 g/mol. The lowest BCUT2D eigenvalue weighted by atomic mass is 9.81. The van der Waals surface area contributed by atoms with Crippen molar-refractivity contribution >= 4 is 0 Å². The van der Waals surface area contributed by atoms with Crippen molar-refractivity contribution in [2.24, 2.45) is 5.41 Å². The van der Waals surface area contributed by atoms with Crippen molar-refractivity contribution in [1.29, 1.82) is 0 Å². The summed E-state index contributed by atoms with van der Waals surface area (Å²) in [5.74, 6) is 0. The molecule has 0 amide bonds. The lowest BCUT2D eigenvalue weighted by Crippen LogP contribution is -2.19. The maximum Gasteiger partial charge on any atom is 0.0943 e. The van der Waals surface area contributed by atoms with Crippen LogP contribution in [0.4, 0.5) is 0 Å². The van der Waals surface area contributed by atoms with Crippen LogP contribution >= 0.6 is 0 Å². The first-order chi connectivity index (χ1) is 8.08. The minimum absolute atomic E-state index is 0.128. The number of hydrogen-bond acceptors (Lipinski definition) is 1. The maximum absolute atomic E-state index is 5.67. The highest BCUT2D eigenvalue weighted by Crippen LogP contribution is 2.33. The van der Waals surface area contributed by atoms with Gasteiger partial charge in [-0.05, 0) is 18.9 Å². The molecular formula is C16H21O. The van der Waals surface area contributed by atoms with E-state index in [4.69, 9.17) is 4.74 Å². The molecule has 0 saturated heterocycles. The molecule has 0 spiro atoms. The van der Waals surface area contributed by atoms with Crippen LogP contribution in [0, 0.1) is 12.0 Å². The quantitative estimate of drug-likeness (QED) is 0.624. The fourth-order valence-electron chi connectivity index (χ4n) is 1.52. The van der Waals surface area contributed by atoms with Gasteiger partial charge in [-0.3, -0.25) is 0 Å². The lowest BCUT2D eigenvalue weighted by Gasteiger charge is -2.28. The normalized spacial score (nSPS) is 14.0. The molecule has 91 valence electrons. The molecule has 1 atom stereocenters. The predicted octanol–water partition coefficient (Wildman–Crippen LogP) is 4.52. The van der Waals surface area contributed by atoms with Gasteiger partial charge < -0.3 is 4.74 Å². The standard InChI is InChI=1S/C16H21O/c1-5-11-16(4,14(2)3)13-17-12-15-9-7-6-8-10-15/h5-10,13H,1-2,11-12H2,3-4H3. The smallest absolute Gasteiger partial charge is 0.0943 e. The topological polar surface area (TPSA) is 9.23 Å². The summed E-state index contributed by atoms with van der Waals surface area (Å²) >= 11 is 0. The zero-order valence-electron chi connectivity index (χ0n) is 10.8. The third kappa shape index (κ3) is 4.20. The molecule has 17 heavy (non-hydrogen) atoms. The Morgan fingerprint density at radius 2 is 2.00 bits per heavy atom. The number of rotatable bonds is 7. The molecule has 1 heteroatoms. The summed E-state index contributed by atoms with van der Waals surface area (Å²) in [6.45, 7) is 14.4. The molecule has 0 fully saturated rings. The van der Waals surface area contributed by atoms with Gasteiger partial charge in [0, 0.05) is 5.41 Å². The van der Waals surface area contributed by atoms with Crippen molar-refractivity contribution in [1.82, 2.24) is 0 Å². The fourth-order valence-corrected chi connectivity index (χ4v) is 1.52. The second-order valence-corrected chi connectivity index (χ2v) is 4.61. The zero-order chi connectivity index (χ0) is 12.7. The van der Waals surface area contributed by atoms with Gasteiger partial charge in [-0.15, -0.1) is 6.58 Å². The molecule has 0 bridgehead atoms. The first kappa shape index (κ1) is 13.7. The largest absolute Gasteiger partial charge is 0.370 e. The van der Waals surface area contributed by atoms with Crippen molar-refractivity contribution in [2.75, 3.05) is 0 Å². The van der Waals surface area contributed by atoms with Crippen molar-refractivity contribution in [3.63, 3.8) is 0 Å². The van der Waals surface area contributed by atoms with Gasteiger partial charge in [0.2, 0.25) is 0 Å². The Bertz CT molecular complexity index is 366. The van der Waals surface area contributed by atoms with E-state index in [1.54, 1.807) is 0 Å². The third-order valence-corrected chi connectivity index (χ3v) is 2.98. The van der Waals surface area contributed by atoms with Crippen molar-refractivity contribution in [2.45, 2.75) is 26.9 Å². The lowest BCUT2D eigenvalue weighted by molar-refractivity contribution is 0.128. The van der Waals surface area contributed by atoms with Crippen LogP contribution in [0.25, 0.3) is 0 Å². The fraction of sp³-hybridized carbons (Fsp3) is 0.312. The van der Waals surface area contributed by atoms with Crippen molar-refractivity contribution in [3.05, 3.63) is 67.3 Å². The summed E-state index contributed by atoms with van der Waals surface area (Å²) in [6, 6.07) is 10.1. The SMILES string of the molecule is C=CCC(C)([CH]OCc1ccccc1)C(=C)C. The molecule has 0 aliphatic heterocycles. The summed E-state index contributed by atoms with van der Waals surface area (Å²) < 4.78 is 5.67. The van der Waals surface area contributed by atoms with Crippen molar-refractivity contribution in [3.8, 4) is 0 Å². The molecule has 1 aromatic rings. The molecule has 1 radical (unpaired) electrons. The van der Waals surface area contributed by atoms with Crippen LogP contribution in [0.15, 0.2) is 55.1 Å². The number of hydrogen-bond donors (Lipinski definition) is 0. The van der Waals surface area contributed by atoms with Crippen LogP contribution in [0.2, 0.25) is 0 Å². The van der Waals surface area contributed by atoms with E-state index in [-0.39, 0.29) is 5.41 Å². The van der Waals surface area contributed by atoms with Crippen LogP contribution in [0.3, 0.4) is 0 Å². The first-order valence-corrected chi connectivity index (χ1v) is 5.85. The maximum atomic E-state index is 5.67. The van der Waals surface area contributed by atoms with Gasteiger partial charge in [-0.2, -0.15) is 0 Å². The average Bonchev–Trinajstić information content (AvgIpc) is 2.30. The van der Waals surface area contributed by atoms with Crippen molar-refractivity contribution < 1.29 is 4.74 Å². The monoisotopic (exact) mass is 229 g/mol. The molecule has 0 N–H and O–H groups in total. The van der Waals surface area contributed by atoms with Gasteiger partial charge in [-0.25, -0.2) is 0 Å². The Morgan fingerprint density at radius 1 is 1.35 bits per heavy atom. The van der Waals surface area contributed by atoms with E-state index in [9.17, 15) is 0 Å². The molecule has 1 rings (SSSR count). The minimum atomic E-state index is -0.128. The highest BCUT2D eigenvalue weighted by Gasteiger charge is 2.24. The Morgan fingerprint density at radius 3 is 2.53 bits per heavy atom. The highest BCUT2D eigenvalue weighted by molar-refractivity contribution is 5.15. The molecule has 0 aromatic heterocycles. The van der Waals surface area contributed by atoms with E-state index in [0.29, 0.717) is 6.61 Å². The molecule has 0 heterocycles. The van der Waals surface area contributed by atoms with Gasteiger partial charge in [0.05, 0.1) is 13.2 Å². The molecule has 0 saturated carbocycles. The Kier molecular flexibility index (Phi) is 5.17. The molecule has 1 nitrogen and oxygen atoms in total. The number of benzene rings is 1. The van der Waals surface area contributed by atoms with Crippen LogP contribution in [-0.2, 0) is 11.3 Å². The molecular weight excluding hydrogens is 208 g/mol. The summed E-state index contributed by atoms with van der Waals surface area (Å²) in [7, 11) is 0. The molecule has 0 aliphatic carbocycles. The highest BCUT2D eigenvalue weighted by atomic mass is 16.5. The summed E-state index contributed by atoms with van der Waals surface area (Å²) in [5, 5.41) is 0. The second-order valence-electron chi connectivity index (χ2n) is 4.61. The van der Waals surface area contributed by atoms with E-state index in [2.05, 4.69) is 32.2 Å². The number of allylic oxidation sites excluding steroid dienone is 1. The van der Waals surface area contributed by atoms with Gasteiger partial charge in [0.15, 0.2) is 0 Å². The summed E-state index contributed by atoms with van der Waals surface area (Å²) in [4.78, 5) is 0. The van der Waals surface area contributed by atoms with Gasteiger partial charge in [0.25, 0.3) is 0 Å². The predicted molar refractivity (Wildman–Crippen MR) is 73.3 cm³/mol. The van der Waals surface area contributed by atoms with E-state index < -0.39 is 0 Å².